The van der Waals surface area contributed by atoms with Crippen molar-refractivity contribution < 1.29 is 13.2 Å². The topological polar surface area (TPSA) is 45.8 Å². The molecule has 0 aliphatic carbocycles. The molecule has 2 aromatic rings. The molecule has 3 nitrogen and oxygen atoms in total. The van der Waals surface area contributed by atoms with Crippen molar-refractivity contribution in [2.75, 3.05) is 0 Å². The summed E-state index contributed by atoms with van der Waals surface area (Å²) in [6.07, 6.45) is -4.57. The van der Waals surface area contributed by atoms with Crippen LogP contribution in [0.25, 0.3) is 10.9 Å². The van der Waals surface area contributed by atoms with Gasteiger partial charge in [0.1, 0.15) is 6.54 Å². The lowest BCUT2D eigenvalue weighted by atomic mass is 10.1. The minimum Gasteiger partial charge on any atom is -0.330 e. The molecule has 1 aromatic carbocycles. The molecule has 1 heterocycles. The Morgan fingerprint density at radius 3 is 2.63 bits per heavy atom. The van der Waals surface area contributed by atoms with Crippen LogP contribution in [0.4, 0.5) is 13.2 Å². The van der Waals surface area contributed by atoms with Crippen LogP contribution in [0, 0.1) is 18.3 Å². The molecule has 0 unspecified atom stereocenters. The predicted octanol–water partition coefficient (Wildman–Crippen LogP) is 2.85. The molecular formula is C13H9F3N2O. The van der Waals surface area contributed by atoms with Crippen LogP contribution in [0.3, 0.4) is 0 Å². The van der Waals surface area contributed by atoms with E-state index >= 15 is 0 Å². The van der Waals surface area contributed by atoms with E-state index in [1.165, 1.54) is 29.7 Å². The molecule has 0 radical (unpaired) electrons. The molecule has 98 valence electrons. The predicted molar refractivity (Wildman–Crippen MR) is 63.6 cm³/mol. The second-order valence-corrected chi connectivity index (χ2v) is 4.09. The first-order valence-electron chi connectivity index (χ1n) is 5.43. The van der Waals surface area contributed by atoms with Crippen LogP contribution >= 0.6 is 0 Å². The Bertz CT molecular complexity index is 738. The number of hydrogen-bond donors (Lipinski definition) is 0. The SMILES string of the molecule is Cc1cc(=O)c2cccc(C(F)(F)F)c2n1CC#N. The Labute approximate surface area is 106 Å². The first kappa shape index (κ1) is 13.1. The summed E-state index contributed by atoms with van der Waals surface area (Å²) in [6, 6.07) is 6.48. The second kappa shape index (κ2) is 4.43. The number of aryl methyl sites for hydroxylation is 1. The van der Waals surface area contributed by atoms with Gasteiger partial charge in [0.15, 0.2) is 5.43 Å². The molecule has 6 heteroatoms. The number of nitrogens with zero attached hydrogens (tertiary/aromatic N) is 2. The van der Waals surface area contributed by atoms with E-state index in [9.17, 15) is 18.0 Å². The summed E-state index contributed by atoms with van der Waals surface area (Å²) < 4.78 is 40.2. The fraction of sp³-hybridized carbons (Fsp3) is 0.231. The lowest BCUT2D eigenvalue weighted by Gasteiger charge is -2.16. The molecule has 0 amide bonds. The number of halogens is 3. The van der Waals surface area contributed by atoms with E-state index in [0.29, 0.717) is 5.69 Å². The average Bonchev–Trinajstić information content (AvgIpc) is 2.32. The summed E-state index contributed by atoms with van der Waals surface area (Å²) >= 11 is 0. The molecule has 0 saturated carbocycles. The number of aromatic nitrogens is 1. The number of rotatable bonds is 1. The van der Waals surface area contributed by atoms with E-state index in [4.69, 9.17) is 5.26 Å². The Morgan fingerprint density at radius 1 is 1.37 bits per heavy atom. The van der Waals surface area contributed by atoms with Crippen molar-refractivity contribution in [3.05, 3.63) is 45.7 Å². The van der Waals surface area contributed by atoms with Gasteiger partial charge in [-0.3, -0.25) is 4.79 Å². The number of para-hydroxylation sites is 1. The summed E-state index contributed by atoms with van der Waals surface area (Å²) in [5, 5.41) is 8.70. The average molecular weight is 266 g/mol. The van der Waals surface area contributed by atoms with Crippen LogP contribution in [0.5, 0.6) is 0 Å². The zero-order valence-corrected chi connectivity index (χ0v) is 9.95. The molecule has 0 fully saturated rings. The number of pyridine rings is 1. The van der Waals surface area contributed by atoms with Crippen molar-refractivity contribution >= 4 is 10.9 Å². The van der Waals surface area contributed by atoms with Gasteiger partial charge in [0.05, 0.1) is 17.1 Å². The fourth-order valence-electron chi connectivity index (χ4n) is 2.06. The van der Waals surface area contributed by atoms with Crippen LogP contribution < -0.4 is 5.43 Å². The van der Waals surface area contributed by atoms with Gasteiger partial charge in [-0.1, -0.05) is 6.07 Å². The van der Waals surface area contributed by atoms with E-state index < -0.39 is 17.2 Å². The van der Waals surface area contributed by atoms with Gasteiger partial charge in [0.25, 0.3) is 0 Å². The fourth-order valence-corrected chi connectivity index (χ4v) is 2.06. The third-order valence-corrected chi connectivity index (χ3v) is 2.87. The number of fused-ring (bicyclic) bond motifs is 1. The van der Waals surface area contributed by atoms with E-state index in [1.54, 1.807) is 0 Å². The van der Waals surface area contributed by atoms with E-state index in [-0.39, 0.29) is 17.4 Å². The smallest absolute Gasteiger partial charge is 0.330 e. The van der Waals surface area contributed by atoms with Crippen molar-refractivity contribution in [1.29, 1.82) is 5.26 Å². The summed E-state index contributed by atoms with van der Waals surface area (Å²) in [6.45, 7) is 1.26. The van der Waals surface area contributed by atoms with Crippen molar-refractivity contribution in [3.8, 4) is 6.07 Å². The highest BCUT2D eigenvalue weighted by atomic mass is 19.4. The van der Waals surface area contributed by atoms with Crippen LogP contribution in [0.1, 0.15) is 11.3 Å². The van der Waals surface area contributed by atoms with Gasteiger partial charge in [-0.15, -0.1) is 0 Å². The van der Waals surface area contributed by atoms with Crippen LogP contribution in [0.2, 0.25) is 0 Å². The highest BCUT2D eigenvalue weighted by Gasteiger charge is 2.34. The van der Waals surface area contributed by atoms with Gasteiger partial charge >= 0.3 is 6.18 Å². The lowest BCUT2D eigenvalue weighted by Crippen LogP contribution is -2.16. The molecule has 1 aromatic heterocycles. The van der Waals surface area contributed by atoms with E-state index in [2.05, 4.69) is 0 Å². The van der Waals surface area contributed by atoms with Crippen LogP contribution in [-0.4, -0.2) is 4.57 Å². The number of hydrogen-bond acceptors (Lipinski definition) is 2. The van der Waals surface area contributed by atoms with Gasteiger partial charge in [0.2, 0.25) is 0 Å². The van der Waals surface area contributed by atoms with E-state index in [0.717, 1.165) is 6.07 Å². The number of nitriles is 1. The Kier molecular flexibility index (Phi) is 3.06. The zero-order valence-electron chi connectivity index (χ0n) is 9.95. The van der Waals surface area contributed by atoms with Crippen molar-refractivity contribution in [2.45, 2.75) is 19.6 Å². The molecule has 0 N–H and O–H groups in total. The maximum Gasteiger partial charge on any atom is 0.418 e. The van der Waals surface area contributed by atoms with Gasteiger partial charge in [-0.25, -0.2) is 0 Å². The van der Waals surface area contributed by atoms with Crippen molar-refractivity contribution in [3.63, 3.8) is 0 Å². The maximum atomic E-state index is 13.0. The summed E-state index contributed by atoms with van der Waals surface area (Å²) in [5.74, 6) is 0. The second-order valence-electron chi connectivity index (χ2n) is 4.09. The number of alkyl halides is 3. The summed E-state index contributed by atoms with van der Waals surface area (Å²) in [4.78, 5) is 11.8. The molecule has 0 aliphatic rings. The molecule has 0 saturated heterocycles. The largest absolute Gasteiger partial charge is 0.418 e. The van der Waals surface area contributed by atoms with Crippen LogP contribution in [-0.2, 0) is 12.7 Å². The third-order valence-electron chi connectivity index (χ3n) is 2.87. The Morgan fingerprint density at radius 2 is 2.05 bits per heavy atom. The number of benzene rings is 1. The molecule has 0 aliphatic heterocycles. The van der Waals surface area contributed by atoms with Gasteiger partial charge in [0, 0.05) is 17.1 Å². The molecular weight excluding hydrogens is 257 g/mol. The maximum absolute atomic E-state index is 13.0. The minimum atomic E-state index is -4.57. The first-order chi connectivity index (χ1) is 8.86. The molecule has 0 bridgehead atoms. The van der Waals surface area contributed by atoms with Crippen molar-refractivity contribution in [2.24, 2.45) is 0 Å². The summed E-state index contributed by atoms with van der Waals surface area (Å²) in [7, 11) is 0. The van der Waals surface area contributed by atoms with Gasteiger partial charge < -0.3 is 4.57 Å². The zero-order chi connectivity index (χ0) is 14.2. The normalized spacial score (nSPS) is 11.5. The van der Waals surface area contributed by atoms with Gasteiger partial charge in [-0.05, 0) is 19.1 Å². The quantitative estimate of drug-likeness (QED) is 0.796. The Hall–Kier alpha value is -2.29. The highest BCUT2D eigenvalue weighted by Crippen LogP contribution is 2.34. The molecule has 0 atom stereocenters. The third kappa shape index (κ3) is 2.19. The molecule has 0 spiro atoms. The van der Waals surface area contributed by atoms with Crippen LogP contribution in [0.15, 0.2) is 29.1 Å². The standard InChI is InChI=1S/C13H9F3N2O/c1-8-7-11(19)9-3-2-4-10(13(14,15)16)12(9)18(8)6-5-17/h2-4,7H,6H2,1H3. The lowest BCUT2D eigenvalue weighted by molar-refractivity contribution is -0.136. The summed E-state index contributed by atoms with van der Waals surface area (Å²) in [5.41, 5.74) is -1.29. The Balaban J connectivity index is 3.02. The molecule has 2 rings (SSSR count). The van der Waals surface area contributed by atoms with E-state index in [1.807, 2.05) is 6.07 Å². The van der Waals surface area contributed by atoms with Gasteiger partial charge in [-0.2, -0.15) is 18.4 Å². The molecule has 19 heavy (non-hydrogen) atoms. The first-order valence-corrected chi connectivity index (χ1v) is 5.43. The minimum absolute atomic E-state index is 0.0318. The highest BCUT2D eigenvalue weighted by molar-refractivity contribution is 5.83. The van der Waals surface area contributed by atoms with Crippen molar-refractivity contribution in [1.82, 2.24) is 4.57 Å². The monoisotopic (exact) mass is 266 g/mol.